The summed E-state index contributed by atoms with van der Waals surface area (Å²) in [5, 5.41) is 17.9. The van der Waals surface area contributed by atoms with Gasteiger partial charge in [0, 0.05) is 59.9 Å². The number of likely N-dealkylation sites (N-methyl/N-ethyl adjacent to an activating group) is 1. The molecule has 3 N–H and O–H groups in total. The Kier molecular flexibility index (Phi) is 7.61. The van der Waals surface area contributed by atoms with Crippen LogP contribution in [-0.4, -0.2) is 42.1 Å². The van der Waals surface area contributed by atoms with Gasteiger partial charge in [0.2, 0.25) is 0 Å². The number of aryl methyl sites for hydroxylation is 2. The molecule has 6 nitrogen and oxygen atoms in total. The standard InChI is InChI=1S/C29H32N6/c1-20-25-13-14-32-28(25)12-11-27(20)34-29-24(17-30)19-33-21(2)26(29)10-9-22-5-7-23(8-6-22)18-31-15-16-35(3)4/h5-14,19,31-32H,15-16,18H2,1-4H3,(H,33,34). The Morgan fingerprint density at radius 3 is 2.60 bits per heavy atom. The van der Waals surface area contributed by atoms with Crippen LogP contribution >= 0.6 is 0 Å². The number of nitrogens with zero attached hydrogens (tertiary/aromatic N) is 3. The van der Waals surface area contributed by atoms with Crippen LogP contribution in [0.4, 0.5) is 11.4 Å². The Labute approximate surface area is 207 Å². The van der Waals surface area contributed by atoms with E-state index in [-0.39, 0.29) is 0 Å². The van der Waals surface area contributed by atoms with Gasteiger partial charge in [0.15, 0.2) is 0 Å². The molecule has 0 aliphatic carbocycles. The number of hydrogen-bond acceptors (Lipinski definition) is 5. The Bertz CT molecular complexity index is 1370. The second-order valence-electron chi connectivity index (χ2n) is 9.01. The van der Waals surface area contributed by atoms with Crippen LogP contribution in [0.15, 0.2) is 54.9 Å². The fraction of sp³-hybridized carbons (Fsp3) is 0.241. The number of hydrogen-bond donors (Lipinski definition) is 3. The van der Waals surface area contributed by atoms with Crippen molar-refractivity contribution in [3.05, 3.63) is 88.4 Å². The lowest BCUT2D eigenvalue weighted by molar-refractivity contribution is 0.400. The Hall–Kier alpha value is -3.92. The number of aromatic amines is 1. The van der Waals surface area contributed by atoms with E-state index < -0.39 is 0 Å². The second-order valence-corrected chi connectivity index (χ2v) is 9.01. The Morgan fingerprint density at radius 1 is 1.06 bits per heavy atom. The van der Waals surface area contributed by atoms with Crippen molar-refractivity contribution in [3.8, 4) is 6.07 Å². The van der Waals surface area contributed by atoms with E-state index >= 15 is 0 Å². The lowest BCUT2D eigenvalue weighted by Crippen LogP contribution is -2.26. The van der Waals surface area contributed by atoms with E-state index in [1.807, 2.05) is 25.3 Å². The molecule has 2 aromatic heterocycles. The number of nitrogens with one attached hydrogen (secondary N) is 3. The molecule has 35 heavy (non-hydrogen) atoms. The maximum Gasteiger partial charge on any atom is 0.103 e. The van der Waals surface area contributed by atoms with Crippen molar-refractivity contribution in [1.29, 1.82) is 5.26 Å². The predicted octanol–water partition coefficient (Wildman–Crippen LogP) is 5.62. The molecule has 2 heterocycles. The van der Waals surface area contributed by atoms with Crippen LogP contribution in [0.2, 0.25) is 0 Å². The maximum absolute atomic E-state index is 9.79. The number of aromatic nitrogens is 2. The summed E-state index contributed by atoms with van der Waals surface area (Å²) in [4.78, 5) is 9.88. The van der Waals surface area contributed by atoms with Gasteiger partial charge in [0.25, 0.3) is 0 Å². The fourth-order valence-electron chi connectivity index (χ4n) is 4.06. The van der Waals surface area contributed by atoms with Gasteiger partial charge < -0.3 is 20.5 Å². The SMILES string of the molecule is Cc1ncc(C#N)c(Nc2ccc3[nH]ccc3c2C)c1C=Cc1ccc(CNCCN(C)C)cc1. The van der Waals surface area contributed by atoms with E-state index in [0.29, 0.717) is 5.56 Å². The monoisotopic (exact) mass is 464 g/mol. The van der Waals surface area contributed by atoms with Crippen LogP contribution in [0.1, 0.15) is 33.5 Å². The summed E-state index contributed by atoms with van der Waals surface area (Å²) in [6, 6.07) is 17.0. The largest absolute Gasteiger partial charge is 0.361 e. The third kappa shape index (κ3) is 5.78. The smallest absolute Gasteiger partial charge is 0.103 e. The molecule has 0 saturated heterocycles. The van der Waals surface area contributed by atoms with Crippen molar-refractivity contribution < 1.29 is 0 Å². The van der Waals surface area contributed by atoms with Gasteiger partial charge >= 0.3 is 0 Å². The quantitative estimate of drug-likeness (QED) is 0.280. The van der Waals surface area contributed by atoms with E-state index in [2.05, 4.69) is 95.1 Å². The van der Waals surface area contributed by atoms with Crippen LogP contribution in [0.5, 0.6) is 0 Å². The summed E-state index contributed by atoms with van der Waals surface area (Å²) in [6.45, 7) is 6.89. The van der Waals surface area contributed by atoms with Crippen molar-refractivity contribution >= 4 is 34.4 Å². The molecule has 4 rings (SSSR count). The highest BCUT2D eigenvalue weighted by atomic mass is 15.1. The summed E-state index contributed by atoms with van der Waals surface area (Å²) in [6.07, 6.45) is 7.69. The molecule has 2 aromatic carbocycles. The molecular formula is C29H32N6. The van der Waals surface area contributed by atoms with E-state index in [4.69, 9.17) is 0 Å². The minimum absolute atomic E-state index is 0.517. The molecule has 0 amide bonds. The molecule has 0 saturated carbocycles. The van der Waals surface area contributed by atoms with Gasteiger partial charge in [0.05, 0.1) is 11.3 Å². The highest BCUT2D eigenvalue weighted by molar-refractivity contribution is 5.90. The molecule has 0 atom stereocenters. The van der Waals surface area contributed by atoms with Gasteiger partial charge in [-0.05, 0) is 62.8 Å². The van der Waals surface area contributed by atoms with Gasteiger partial charge in [-0.2, -0.15) is 5.26 Å². The lowest BCUT2D eigenvalue weighted by Gasteiger charge is -2.16. The first-order valence-electron chi connectivity index (χ1n) is 11.8. The van der Waals surface area contributed by atoms with Gasteiger partial charge in [-0.3, -0.25) is 4.98 Å². The zero-order valence-corrected chi connectivity index (χ0v) is 20.8. The number of fused-ring (bicyclic) bond motifs is 1. The van der Waals surface area contributed by atoms with E-state index in [1.165, 1.54) is 5.56 Å². The Balaban J connectivity index is 1.57. The van der Waals surface area contributed by atoms with Crippen molar-refractivity contribution in [2.45, 2.75) is 20.4 Å². The molecule has 0 spiro atoms. The van der Waals surface area contributed by atoms with Crippen molar-refractivity contribution in [1.82, 2.24) is 20.2 Å². The normalized spacial score (nSPS) is 11.4. The van der Waals surface area contributed by atoms with Gasteiger partial charge in [-0.1, -0.05) is 36.4 Å². The second kappa shape index (κ2) is 11.0. The van der Waals surface area contributed by atoms with Gasteiger partial charge in [-0.15, -0.1) is 0 Å². The van der Waals surface area contributed by atoms with Gasteiger partial charge in [0.1, 0.15) is 6.07 Å². The highest BCUT2D eigenvalue weighted by Gasteiger charge is 2.13. The van der Waals surface area contributed by atoms with Crippen molar-refractivity contribution in [3.63, 3.8) is 0 Å². The first-order valence-corrected chi connectivity index (χ1v) is 11.8. The lowest BCUT2D eigenvalue weighted by atomic mass is 10.0. The number of rotatable bonds is 9. The number of nitriles is 1. The number of anilines is 2. The molecule has 0 fully saturated rings. The van der Waals surface area contributed by atoms with E-state index in [0.717, 1.165) is 64.3 Å². The molecule has 0 unspecified atom stereocenters. The number of H-pyrrole nitrogens is 1. The minimum atomic E-state index is 0.517. The minimum Gasteiger partial charge on any atom is -0.361 e. The first kappa shape index (κ1) is 24.2. The summed E-state index contributed by atoms with van der Waals surface area (Å²) in [5.41, 5.74) is 8.61. The molecule has 6 heteroatoms. The van der Waals surface area contributed by atoms with Gasteiger partial charge in [-0.25, -0.2) is 0 Å². The van der Waals surface area contributed by atoms with Crippen LogP contribution in [-0.2, 0) is 6.54 Å². The van der Waals surface area contributed by atoms with E-state index in [9.17, 15) is 5.26 Å². The number of benzene rings is 2. The van der Waals surface area contributed by atoms with Crippen LogP contribution in [0.3, 0.4) is 0 Å². The zero-order valence-electron chi connectivity index (χ0n) is 20.8. The highest BCUT2D eigenvalue weighted by Crippen LogP contribution is 2.32. The molecule has 0 aliphatic rings. The van der Waals surface area contributed by atoms with Crippen LogP contribution < -0.4 is 10.6 Å². The topological polar surface area (TPSA) is 79.8 Å². The van der Waals surface area contributed by atoms with Crippen LogP contribution in [0, 0.1) is 25.2 Å². The summed E-state index contributed by atoms with van der Waals surface area (Å²) in [7, 11) is 4.16. The molecule has 0 bridgehead atoms. The molecule has 0 radical (unpaired) electrons. The van der Waals surface area contributed by atoms with E-state index in [1.54, 1.807) is 6.20 Å². The summed E-state index contributed by atoms with van der Waals surface area (Å²) < 4.78 is 0. The summed E-state index contributed by atoms with van der Waals surface area (Å²) in [5.74, 6) is 0. The fourth-order valence-corrected chi connectivity index (χ4v) is 4.06. The molecule has 178 valence electrons. The average molecular weight is 465 g/mol. The molecular weight excluding hydrogens is 432 g/mol. The number of pyridine rings is 1. The van der Waals surface area contributed by atoms with Crippen LogP contribution in [0.25, 0.3) is 23.1 Å². The molecule has 0 aliphatic heterocycles. The maximum atomic E-state index is 9.79. The Morgan fingerprint density at radius 2 is 1.86 bits per heavy atom. The third-order valence-corrected chi connectivity index (χ3v) is 6.19. The average Bonchev–Trinajstić information content (AvgIpc) is 3.34. The predicted molar refractivity (Wildman–Crippen MR) is 146 cm³/mol. The third-order valence-electron chi connectivity index (χ3n) is 6.19. The molecule has 4 aromatic rings. The summed E-state index contributed by atoms with van der Waals surface area (Å²) >= 11 is 0. The van der Waals surface area contributed by atoms with Crippen molar-refractivity contribution in [2.75, 3.05) is 32.5 Å². The zero-order chi connectivity index (χ0) is 24.8. The van der Waals surface area contributed by atoms with Crippen molar-refractivity contribution in [2.24, 2.45) is 0 Å². The first-order chi connectivity index (χ1) is 17.0.